The molecule has 0 saturated heterocycles. The van der Waals surface area contributed by atoms with Crippen LogP contribution in [0, 0.1) is 0 Å². The molecule has 1 aromatic carbocycles. The van der Waals surface area contributed by atoms with Gasteiger partial charge in [0.1, 0.15) is 0 Å². The van der Waals surface area contributed by atoms with E-state index in [0.29, 0.717) is 5.52 Å². The zero-order valence-electron chi connectivity index (χ0n) is 13.1. The summed E-state index contributed by atoms with van der Waals surface area (Å²) in [7, 11) is 1.51. The molecule has 2 aromatic rings. The lowest BCUT2D eigenvalue weighted by atomic mass is 10.1. The van der Waals surface area contributed by atoms with Crippen LogP contribution >= 0.6 is 0 Å². The molecular weight excluding hydrogens is 311 g/mol. The Labute approximate surface area is 131 Å². The van der Waals surface area contributed by atoms with E-state index in [1.54, 1.807) is 13.8 Å². The second-order valence-corrected chi connectivity index (χ2v) is 5.55. The summed E-state index contributed by atoms with van der Waals surface area (Å²) in [5.74, 6) is -1.36. The lowest BCUT2D eigenvalue weighted by Crippen LogP contribution is -2.29. The lowest BCUT2D eigenvalue weighted by molar-refractivity contribution is -0.147. The number of aliphatic hydroxyl groups excluding tert-OH is 1. The highest BCUT2D eigenvalue weighted by molar-refractivity contribution is 5.97. The Morgan fingerprint density at radius 3 is 2.57 bits per heavy atom. The molecule has 0 fully saturated rings. The van der Waals surface area contributed by atoms with Crippen LogP contribution in [0.25, 0.3) is 11.0 Å². The molecule has 0 aliphatic carbocycles. The van der Waals surface area contributed by atoms with E-state index in [0.717, 1.165) is 4.57 Å². The van der Waals surface area contributed by atoms with Crippen molar-refractivity contribution in [1.82, 2.24) is 14.5 Å². The average Bonchev–Trinajstić information content (AvgIpc) is 2.85. The summed E-state index contributed by atoms with van der Waals surface area (Å²) >= 11 is 0. The molecular formula is C15H18F3N3O2. The van der Waals surface area contributed by atoms with E-state index < -0.39 is 18.0 Å². The number of hydrogen-bond donors (Lipinski definition) is 1. The maximum absolute atomic E-state index is 13.1. The number of aliphatic hydroxyl groups is 1. The highest BCUT2D eigenvalue weighted by atomic mass is 19.4. The number of carbonyl (C=O) groups excluding carboxylic acids is 1. The molecule has 1 aromatic heterocycles. The number of benzene rings is 1. The first-order chi connectivity index (χ1) is 10.7. The molecule has 0 radical (unpaired) electrons. The molecule has 0 atom stereocenters. The van der Waals surface area contributed by atoms with Crippen LogP contribution in [-0.4, -0.2) is 45.7 Å². The highest BCUT2D eigenvalue weighted by Crippen LogP contribution is 2.34. The number of halogens is 3. The van der Waals surface area contributed by atoms with Crippen LogP contribution in [0.5, 0.6) is 0 Å². The molecule has 0 aliphatic rings. The van der Waals surface area contributed by atoms with Crippen molar-refractivity contribution >= 4 is 16.9 Å². The number of hydrogen-bond acceptors (Lipinski definition) is 3. The summed E-state index contributed by atoms with van der Waals surface area (Å²) in [5, 5.41) is 8.86. The van der Waals surface area contributed by atoms with Gasteiger partial charge in [0.05, 0.1) is 17.6 Å². The minimum atomic E-state index is -4.57. The molecule has 0 spiro atoms. The molecule has 1 N–H and O–H groups in total. The van der Waals surface area contributed by atoms with Gasteiger partial charge < -0.3 is 14.6 Å². The van der Waals surface area contributed by atoms with Gasteiger partial charge in [0.2, 0.25) is 5.82 Å². The van der Waals surface area contributed by atoms with Gasteiger partial charge in [-0.3, -0.25) is 4.79 Å². The Morgan fingerprint density at radius 1 is 1.39 bits per heavy atom. The van der Waals surface area contributed by atoms with E-state index >= 15 is 0 Å². The van der Waals surface area contributed by atoms with Crippen molar-refractivity contribution in [3.05, 3.63) is 29.6 Å². The molecule has 0 saturated carbocycles. The Kier molecular flexibility index (Phi) is 4.65. The van der Waals surface area contributed by atoms with Gasteiger partial charge in [-0.15, -0.1) is 0 Å². The summed E-state index contributed by atoms with van der Waals surface area (Å²) in [4.78, 5) is 17.1. The Balaban J connectivity index is 2.55. The van der Waals surface area contributed by atoms with Crippen molar-refractivity contribution in [1.29, 1.82) is 0 Å². The molecule has 1 heterocycles. The van der Waals surface area contributed by atoms with Gasteiger partial charge in [-0.25, -0.2) is 4.98 Å². The van der Waals surface area contributed by atoms with Crippen molar-refractivity contribution < 1.29 is 23.1 Å². The van der Waals surface area contributed by atoms with E-state index in [-0.39, 0.29) is 30.1 Å². The van der Waals surface area contributed by atoms with Crippen molar-refractivity contribution in [3.63, 3.8) is 0 Å². The van der Waals surface area contributed by atoms with Gasteiger partial charge >= 0.3 is 6.18 Å². The molecule has 0 bridgehead atoms. The number of rotatable bonds is 4. The van der Waals surface area contributed by atoms with E-state index in [2.05, 4.69) is 4.98 Å². The number of imidazole rings is 1. The summed E-state index contributed by atoms with van der Waals surface area (Å²) in [6.45, 7) is 3.24. The van der Waals surface area contributed by atoms with Crippen LogP contribution in [-0.2, 0) is 6.18 Å². The third-order valence-corrected chi connectivity index (χ3v) is 3.49. The largest absolute Gasteiger partial charge is 0.449 e. The van der Waals surface area contributed by atoms with Gasteiger partial charge in [-0.2, -0.15) is 13.2 Å². The van der Waals surface area contributed by atoms with Gasteiger partial charge in [0.25, 0.3) is 5.91 Å². The first-order valence-electron chi connectivity index (χ1n) is 7.12. The molecule has 2 rings (SSSR count). The molecule has 126 valence electrons. The molecule has 0 aliphatic heterocycles. The maximum Gasteiger partial charge on any atom is 0.449 e. The highest BCUT2D eigenvalue weighted by Gasteiger charge is 2.38. The van der Waals surface area contributed by atoms with Crippen LogP contribution < -0.4 is 0 Å². The quantitative estimate of drug-likeness (QED) is 0.938. The Hall–Kier alpha value is -2.09. The predicted molar refractivity (Wildman–Crippen MR) is 79.2 cm³/mol. The second-order valence-electron chi connectivity index (χ2n) is 5.55. The SMILES string of the molecule is CC(C)n1c(C(F)(F)F)nc2cc(C(=O)N(C)CCO)ccc21. The normalized spacial score (nSPS) is 12.2. The number of carbonyl (C=O) groups is 1. The fourth-order valence-electron chi connectivity index (χ4n) is 2.43. The van der Waals surface area contributed by atoms with Crippen LogP contribution in [0.15, 0.2) is 18.2 Å². The second kappa shape index (κ2) is 6.19. The van der Waals surface area contributed by atoms with Crippen LogP contribution in [0.3, 0.4) is 0 Å². The average molecular weight is 329 g/mol. The topological polar surface area (TPSA) is 58.4 Å². The fraction of sp³-hybridized carbons (Fsp3) is 0.467. The van der Waals surface area contributed by atoms with Gasteiger partial charge in [0, 0.05) is 25.2 Å². The molecule has 1 amide bonds. The standard InChI is InChI=1S/C15H18F3N3O2/c1-9(2)21-12-5-4-10(13(23)20(3)6-7-22)8-11(12)19-14(21)15(16,17)18/h4-5,8-9,22H,6-7H2,1-3H3. The van der Waals surface area contributed by atoms with Gasteiger partial charge in [0.15, 0.2) is 0 Å². The zero-order valence-corrected chi connectivity index (χ0v) is 13.1. The monoisotopic (exact) mass is 329 g/mol. The molecule has 5 nitrogen and oxygen atoms in total. The van der Waals surface area contributed by atoms with Crippen molar-refractivity contribution in [2.75, 3.05) is 20.2 Å². The van der Waals surface area contributed by atoms with Gasteiger partial charge in [-0.1, -0.05) is 0 Å². The fourth-order valence-corrected chi connectivity index (χ4v) is 2.43. The minimum Gasteiger partial charge on any atom is -0.395 e. The van der Waals surface area contributed by atoms with E-state index in [1.165, 1.54) is 30.1 Å². The molecule has 0 unspecified atom stereocenters. The summed E-state index contributed by atoms with van der Waals surface area (Å²) in [6.07, 6.45) is -4.57. The lowest BCUT2D eigenvalue weighted by Gasteiger charge is -2.16. The number of aromatic nitrogens is 2. The predicted octanol–water partition coefficient (Wildman–Crippen LogP) is 2.70. The maximum atomic E-state index is 13.1. The van der Waals surface area contributed by atoms with E-state index in [1.807, 2.05) is 0 Å². The summed E-state index contributed by atoms with van der Waals surface area (Å²) in [6, 6.07) is 3.87. The molecule has 8 heteroatoms. The minimum absolute atomic E-state index is 0.120. The Bertz CT molecular complexity index is 723. The van der Waals surface area contributed by atoms with Crippen molar-refractivity contribution in [3.8, 4) is 0 Å². The number of amides is 1. The van der Waals surface area contributed by atoms with Crippen molar-refractivity contribution in [2.24, 2.45) is 0 Å². The van der Waals surface area contributed by atoms with Crippen LogP contribution in [0.4, 0.5) is 13.2 Å². The summed E-state index contributed by atoms with van der Waals surface area (Å²) in [5.41, 5.74) is 0.679. The van der Waals surface area contributed by atoms with Crippen LogP contribution in [0.2, 0.25) is 0 Å². The van der Waals surface area contributed by atoms with Crippen molar-refractivity contribution in [2.45, 2.75) is 26.1 Å². The smallest absolute Gasteiger partial charge is 0.395 e. The number of fused-ring (bicyclic) bond motifs is 1. The third-order valence-electron chi connectivity index (χ3n) is 3.49. The number of alkyl halides is 3. The number of likely N-dealkylation sites (N-methyl/N-ethyl adjacent to an activating group) is 1. The number of nitrogens with zero attached hydrogens (tertiary/aromatic N) is 3. The third kappa shape index (κ3) is 3.31. The van der Waals surface area contributed by atoms with E-state index in [9.17, 15) is 18.0 Å². The molecule has 23 heavy (non-hydrogen) atoms. The van der Waals surface area contributed by atoms with Crippen LogP contribution in [0.1, 0.15) is 36.1 Å². The first-order valence-corrected chi connectivity index (χ1v) is 7.12. The Morgan fingerprint density at radius 2 is 2.04 bits per heavy atom. The summed E-state index contributed by atoms with van der Waals surface area (Å²) < 4.78 is 40.6. The first kappa shape index (κ1) is 17.3. The zero-order chi connectivity index (χ0) is 17.4. The van der Waals surface area contributed by atoms with Gasteiger partial charge in [-0.05, 0) is 32.0 Å². The van der Waals surface area contributed by atoms with E-state index in [4.69, 9.17) is 5.11 Å².